The highest BCUT2D eigenvalue weighted by atomic mass is 19.4. The van der Waals surface area contributed by atoms with E-state index in [1.54, 1.807) is 6.07 Å². The van der Waals surface area contributed by atoms with E-state index in [1.807, 2.05) is 41.3 Å². The molecule has 1 N–H and O–H groups in total. The van der Waals surface area contributed by atoms with Crippen LogP contribution in [-0.2, 0) is 15.7 Å². The zero-order valence-electron chi connectivity index (χ0n) is 16.6. The van der Waals surface area contributed by atoms with E-state index >= 15 is 0 Å². The third-order valence-electron chi connectivity index (χ3n) is 5.06. The van der Waals surface area contributed by atoms with E-state index in [9.17, 15) is 18.0 Å². The number of hydrogen-bond acceptors (Lipinski definition) is 4. The van der Waals surface area contributed by atoms with Gasteiger partial charge < -0.3 is 19.7 Å². The molecule has 1 aliphatic rings. The molecule has 8 heteroatoms. The summed E-state index contributed by atoms with van der Waals surface area (Å²) in [6, 6.07) is 16.4. The average molecular weight is 430 g/mol. The van der Waals surface area contributed by atoms with E-state index in [0.717, 1.165) is 22.9 Å². The zero-order valence-corrected chi connectivity index (χ0v) is 16.6. The Balaban J connectivity index is 1.53. The highest BCUT2D eigenvalue weighted by Crippen LogP contribution is 2.36. The average Bonchev–Trinajstić information content (AvgIpc) is 2.77. The van der Waals surface area contributed by atoms with Crippen molar-refractivity contribution in [2.75, 3.05) is 43.1 Å². The Hall–Kier alpha value is -3.26. The van der Waals surface area contributed by atoms with E-state index in [-0.39, 0.29) is 12.3 Å². The van der Waals surface area contributed by atoms with Gasteiger partial charge in [0.2, 0.25) is 0 Å². The molecule has 1 heterocycles. The van der Waals surface area contributed by atoms with Crippen molar-refractivity contribution in [1.29, 1.82) is 0 Å². The van der Waals surface area contributed by atoms with Crippen LogP contribution in [0.1, 0.15) is 5.56 Å². The molecule has 0 spiro atoms. The number of alkyl halides is 3. The van der Waals surface area contributed by atoms with Crippen molar-refractivity contribution in [3.05, 3.63) is 66.2 Å². The number of hydrogen-bond donors (Lipinski definition) is 1. The van der Waals surface area contributed by atoms with Gasteiger partial charge in [0.15, 0.2) is 6.61 Å². The molecule has 0 atom stereocenters. The standard InChI is InChI=1S/C23H21F3N2O3/c24-23(25,26)17-8-9-20(28-10-12-30-13-11-28)19(14-17)27-22(29)15-31-21-7-3-5-16-4-1-2-6-18(16)21/h1-9,14H,10-13,15H2,(H,27,29). The summed E-state index contributed by atoms with van der Waals surface area (Å²) in [4.78, 5) is 14.5. The van der Waals surface area contributed by atoms with Gasteiger partial charge in [-0.25, -0.2) is 0 Å². The van der Waals surface area contributed by atoms with Crippen LogP contribution in [0.3, 0.4) is 0 Å². The molecule has 162 valence electrons. The van der Waals surface area contributed by atoms with Gasteiger partial charge in [0.1, 0.15) is 5.75 Å². The minimum atomic E-state index is -4.51. The van der Waals surface area contributed by atoms with Crippen molar-refractivity contribution in [1.82, 2.24) is 0 Å². The van der Waals surface area contributed by atoms with Crippen LogP contribution in [0.5, 0.6) is 5.75 Å². The molecule has 0 radical (unpaired) electrons. The molecule has 0 saturated carbocycles. The van der Waals surface area contributed by atoms with Crippen molar-refractivity contribution < 1.29 is 27.4 Å². The number of fused-ring (bicyclic) bond motifs is 1. The number of anilines is 2. The third kappa shape index (κ3) is 4.91. The lowest BCUT2D eigenvalue weighted by Crippen LogP contribution is -2.37. The second-order valence-electron chi connectivity index (χ2n) is 7.14. The largest absolute Gasteiger partial charge is 0.483 e. The second kappa shape index (κ2) is 8.85. The summed E-state index contributed by atoms with van der Waals surface area (Å²) >= 11 is 0. The lowest BCUT2D eigenvalue weighted by atomic mass is 10.1. The van der Waals surface area contributed by atoms with Gasteiger partial charge in [0.25, 0.3) is 5.91 Å². The van der Waals surface area contributed by atoms with Gasteiger partial charge in [-0.2, -0.15) is 13.2 Å². The first-order chi connectivity index (χ1) is 14.9. The molecule has 0 aromatic heterocycles. The highest BCUT2D eigenvalue weighted by Gasteiger charge is 2.32. The molecule has 5 nitrogen and oxygen atoms in total. The fraction of sp³-hybridized carbons (Fsp3) is 0.261. The molecule has 1 aliphatic heterocycles. The highest BCUT2D eigenvalue weighted by molar-refractivity contribution is 5.96. The predicted molar refractivity (Wildman–Crippen MR) is 113 cm³/mol. The van der Waals surface area contributed by atoms with Gasteiger partial charge in [-0.3, -0.25) is 4.79 Å². The van der Waals surface area contributed by atoms with E-state index in [4.69, 9.17) is 9.47 Å². The smallest absolute Gasteiger partial charge is 0.416 e. The maximum Gasteiger partial charge on any atom is 0.416 e. The Bertz CT molecular complexity index is 1070. The maximum absolute atomic E-state index is 13.2. The summed E-state index contributed by atoms with van der Waals surface area (Å²) in [5, 5.41) is 4.41. The van der Waals surface area contributed by atoms with Crippen molar-refractivity contribution >= 4 is 28.1 Å². The lowest BCUT2D eigenvalue weighted by molar-refractivity contribution is -0.137. The van der Waals surface area contributed by atoms with Crippen molar-refractivity contribution in [3.63, 3.8) is 0 Å². The van der Waals surface area contributed by atoms with Gasteiger partial charge in [-0.1, -0.05) is 36.4 Å². The number of benzene rings is 3. The molecule has 1 fully saturated rings. The predicted octanol–water partition coefficient (Wildman–Crippen LogP) is 4.71. The minimum absolute atomic E-state index is 0.100. The molecular formula is C23H21F3N2O3. The van der Waals surface area contributed by atoms with Crippen LogP contribution in [-0.4, -0.2) is 38.8 Å². The quantitative estimate of drug-likeness (QED) is 0.637. The molecule has 0 unspecified atom stereocenters. The summed E-state index contributed by atoms with van der Waals surface area (Å²) in [5.74, 6) is -0.00698. The number of amides is 1. The Kier molecular flexibility index (Phi) is 5.99. The van der Waals surface area contributed by atoms with Crippen LogP contribution in [0.4, 0.5) is 24.5 Å². The number of carbonyl (C=O) groups excluding carboxylic acids is 1. The summed E-state index contributed by atoms with van der Waals surface area (Å²) < 4.78 is 50.7. The van der Waals surface area contributed by atoms with Crippen molar-refractivity contribution in [2.45, 2.75) is 6.18 Å². The summed E-state index contributed by atoms with van der Waals surface area (Å²) in [7, 11) is 0. The summed E-state index contributed by atoms with van der Waals surface area (Å²) in [6.07, 6.45) is -4.51. The normalized spacial score (nSPS) is 14.5. The Labute approximate surface area is 177 Å². The number of nitrogens with zero attached hydrogens (tertiary/aromatic N) is 1. The summed E-state index contributed by atoms with van der Waals surface area (Å²) in [5.41, 5.74) is -0.201. The van der Waals surface area contributed by atoms with Crippen LogP contribution in [0.2, 0.25) is 0 Å². The van der Waals surface area contributed by atoms with Crippen molar-refractivity contribution in [3.8, 4) is 5.75 Å². The van der Waals surface area contributed by atoms with Gasteiger partial charge >= 0.3 is 6.18 Å². The number of carbonyl (C=O) groups is 1. The van der Waals surface area contributed by atoms with Gasteiger partial charge in [-0.15, -0.1) is 0 Å². The van der Waals surface area contributed by atoms with Crippen LogP contribution in [0.25, 0.3) is 10.8 Å². The van der Waals surface area contributed by atoms with E-state index < -0.39 is 17.6 Å². The molecule has 4 rings (SSSR count). The number of halogens is 3. The molecule has 1 amide bonds. The fourth-order valence-corrected chi connectivity index (χ4v) is 3.54. The molecule has 31 heavy (non-hydrogen) atoms. The van der Waals surface area contributed by atoms with E-state index in [1.165, 1.54) is 6.07 Å². The fourth-order valence-electron chi connectivity index (χ4n) is 3.54. The van der Waals surface area contributed by atoms with E-state index in [2.05, 4.69) is 5.32 Å². The minimum Gasteiger partial charge on any atom is -0.483 e. The number of rotatable bonds is 5. The number of morpholine rings is 1. The topological polar surface area (TPSA) is 50.8 Å². The summed E-state index contributed by atoms with van der Waals surface area (Å²) in [6.45, 7) is 1.67. The first-order valence-electron chi connectivity index (χ1n) is 9.86. The molecule has 3 aromatic rings. The maximum atomic E-state index is 13.2. The SMILES string of the molecule is O=C(COc1cccc2ccccc12)Nc1cc(C(F)(F)F)ccc1N1CCOCC1. The number of nitrogens with one attached hydrogen (secondary N) is 1. The number of ether oxygens (including phenoxy) is 2. The van der Waals surface area contributed by atoms with Crippen LogP contribution in [0.15, 0.2) is 60.7 Å². The van der Waals surface area contributed by atoms with Crippen LogP contribution < -0.4 is 15.0 Å². The molecular weight excluding hydrogens is 409 g/mol. The van der Waals surface area contributed by atoms with Gasteiger partial charge in [0, 0.05) is 18.5 Å². The van der Waals surface area contributed by atoms with Crippen LogP contribution in [0, 0.1) is 0 Å². The van der Waals surface area contributed by atoms with Gasteiger partial charge in [0.05, 0.1) is 30.2 Å². The zero-order chi connectivity index (χ0) is 21.8. The molecule has 1 saturated heterocycles. The lowest BCUT2D eigenvalue weighted by Gasteiger charge is -2.31. The first kappa shape index (κ1) is 21.0. The Morgan fingerprint density at radius 1 is 1.03 bits per heavy atom. The molecule has 3 aromatic carbocycles. The Morgan fingerprint density at radius 3 is 2.55 bits per heavy atom. The third-order valence-corrected chi connectivity index (χ3v) is 5.06. The van der Waals surface area contributed by atoms with Crippen LogP contribution >= 0.6 is 0 Å². The second-order valence-corrected chi connectivity index (χ2v) is 7.14. The van der Waals surface area contributed by atoms with E-state index in [0.29, 0.717) is 37.7 Å². The Morgan fingerprint density at radius 2 is 1.77 bits per heavy atom. The molecule has 0 bridgehead atoms. The first-order valence-corrected chi connectivity index (χ1v) is 9.86. The van der Waals surface area contributed by atoms with Crippen molar-refractivity contribution in [2.24, 2.45) is 0 Å². The molecule has 0 aliphatic carbocycles. The monoisotopic (exact) mass is 430 g/mol. The van der Waals surface area contributed by atoms with Gasteiger partial charge in [-0.05, 0) is 29.7 Å².